The van der Waals surface area contributed by atoms with E-state index < -0.39 is 11.7 Å². The van der Waals surface area contributed by atoms with Crippen molar-refractivity contribution in [2.45, 2.75) is 32.1 Å². The molecule has 1 aliphatic rings. The van der Waals surface area contributed by atoms with Gasteiger partial charge in [-0.2, -0.15) is 13.2 Å². The van der Waals surface area contributed by atoms with Crippen LogP contribution in [0.25, 0.3) is 5.69 Å². The fourth-order valence-corrected chi connectivity index (χ4v) is 5.40. The molecule has 0 bridgehead atoms. The SMILES string of the molecule is COc1ccccc1N1C(=S)N[C@@H](c2ccccn2)[C@@H]1c1cc(C)n(-c2cccc(C(F)(F)F)c2)c1C. The number of ether oxygens (including phenoxy) is 1. The number of alkyl halides is 3. The van der Waals surface area contributed by atoms with Gasteiger partial charge in [-0.3, -0.25) is 4.98 Å². The number of hydrogen-bond acceptors (Lipinski definition) is 3. The van der Waals surface area contributed by atoms with Gasteiger partial charge in [-0.25, -0.2) is 0 Å². The van der Waals surface area contributed by atoms with E-state index in [1.165, 1.54) is 12.1 Å². The van der Waals surface area contributed by atoms with Crippen molar-refractivity contribution in [2.75, 3.05) is 12.0 Å². The van der Waals surface area contributed by atoms with Crippen LogP contribution in [0.4, 0.5) is 18.9 Å². The summed E-state index contributed by atoms with van der Waals surface area (Å²) < 4.78 is 47.9. The minimum absolute atomic E-state index is 0.297. The van der Waals surface area contributed by atoms with Gasteiger partial charge in [0.1, 0.15) is 5.75 Å². The number of hydrogen-bond donors (Lipinski definition) is 1. The van der Waals surface area contributed by atoms with Crippen LogP contribution in [0.1, 0.15) is 40.3 Å². The summed E-state index contributed by atoms with van der Waals surface area (Å²) in [5, 5.41) is 3.93. The number of thiocarbonyl (C=S) groups is 1. The molecule has 9 heteroatoms. The molecule has 0 spiro atoms. The Hall–Kier alpha value is -3.85. The lowest BCUT2D eigenvalue weighted by Crippen LogP contribution is -2.30. The van der Waals surface area contributed by atoms with Gasteiger partial charge in [0.05, 0.1) is 36.1 Å². The third-order valence-corrected chi connectivity index (χ3v) is 6.98. The number of methoxy groups -OCH3 is 1. The van der Waals surface area contributed by atoms with Gasteiger partial charge in [-0.1, -0.05) is 24.3 Å². The smallest absolute Gasteiger partial charge is 0.416 e. The molecule has 1 N–H and O–H groups in total. The highest BCUT2D eigenvalue weighted by molar-refractivity contribution is 7.80. The fourth-order valence-electron chi connectivity index (χ4n) is 5.06. The Balaban J connectivity index is 1.69. The van der Waals surface area contributed by atoms with E-state index in [1.807, 2.05) is 71.8 Å². The van der Waals surface area contributed by atoms with Crippen LogP contribution < -0.4 is 15.0 Å². The fraction of sp³-hybridized carbons (Fsp3) is 0.214. The molecule has 5 rings (SSSR count). The van der Waals surface area contributed by atoms with Crippen molar-refractivity contribution in [3.8, 4) is 11.4 Å². The topological polar surface area (TPSA) is 42.3 Å². The van der Waals surface area contributed by atoms with Gasteiger partial charge in [0.15, 0.2) is 5.11 Å². The number of nitrogens with zero attached hydrogens (tertiary/aromatic N) is 3. The van der Waals surface area contributed by atoms with E-state index in [-0.39, 0.29) is 12.1 Å². The van der Waals surface area contributed by atoms with E-state index in [1.54, 1.807) is 19.4 Å². The highest BCUT2D eigenvalue weighted by atomic mass is 32.1. The summed E-state index contributed by atoms with van der Waals surface area (Å²) in [7, 11) is 1.61. The monoisotopic (exact) mass is 522 g/mol. The minimum Gasteiger partial charge on any atom is -0.495 e. The van der Waals surface area contributed by atoms with E-state index in [0.29, 0.717) is 16.5 Å². The molecule has 2 aromatic carbocycles. The molecular formula is C28H25F3N4OS. The van der Waals surface area contributed by atoms with Crippen LogP contribution in [0, 0.1) is 13.8 Å². The predicted molar refractivity (Wildman–Crippen MR) is 141 cm³/mol. The molecule has 4 aromatic rings. The van der Waals surface area contributed by atoms with Gasteiger partial charge in [-0.15, -0.1) is 0 Å². The first-order valence-electron chi connectivity index (χ1n) is 11.7. The highest BCUT2D eigenvalue weighted by Crippen LogP contribution is 2.46. The zero-order valence-electron chi connectivity index (χ0n) is 20.5. The van der Waals surface area contributed by atoms with Crippen LogP contribution >= 0.6 is 12.2 Å². The zero-order chi connectivity index (χ0) is 26.3. The van der Waals surface area contributed by atoms with Crippen molar-refractivity contribution in [1.82, 2.24) is 14.9 Å². The molecule has 190 valence electrons. The highest BCUT2D eigenvalue weighted by Gasteiger charge is 2.43. The van der Waals surface area contributed by atoms with Gasteiger partial charge in [0.25, 0.3) is 0 Å². The second-order valence-electron chi connectivity index (χ2n) is 8.88. The summed E-state index contributed by atoms with van der Waals surface area (Å²) in [6, 6.07) is 20.1. The van der Waals surface area contributed by atoms with E-state index in [4.69, 9.17) is 17.0 Å². The van der Waals surface area contributed by atoms with Crippen molar-refractivity contribution in [3.05, 3.63) is 107 Å². The number of benzene rings is 2. The van der Waals surface area contributed by atoms with Gasteiger partial charge >= 0.3 is 6.18 Å². The number of halogens is 3. The van der Waals surface area contributed by atoms with Gasteiger partial charge < -0.3 is 19.5 Å². The molecule has 5 nitrogen and oxygen atoms in total. The van der Waals surface area contributed by atoms with Crippen molar-refractivity contribution in [2.24, 2.45) is 0 Å². The molecule has 0 unspecified atom stereocenters. The first-order chi connectivity index (χ1) is 17.7. The number of pyridine rings is 1. The molecule has 2 aromatic heterocycles. The van der Waals surface area contributed by atoms with Crippen LogP contribution in [0.15, 0.2) is 79.0 Å². The molecule has 0 amide bonds. The van der Waals surface area contributed by atoms with Crippen LogP contribution in [-0.2, 0) is 6.18 Å². The molecular weight excluding hydrogens is 497 g/mol. The Morgan fingerprint density at radius 2 is 1.73 bits per heavy atom. The van der Waals surface area contributed by atoms with E-state index in [0.717, 1.165) is 34.4 Å². The van der Waals surface area contributed by atoms with Gasteiger partial charge in [0, 0.05) is 23.3 Å². The molecule has 1 aliphatic heterocycles. The first-order valence-corrected chi connectivity index (χ1v) is 12.1. The van der Waals surface area contributed by atoms with Crippen LogP contribution in [-0.4, -0.2) is 21.8 Å². The number of rotatable bonds is 5. The standard InChI is InChI=1S/C28H25F3N4OS/c1-17-15-21(18(2)34(17)20-10-8-9-19(16-20)28(29,30)31)26-25(22-11-6-7-14-32-22)33-27(37)35(26)23-12-4-5-13-24(23)36-3/h4-16,25-26H,1-3H3,(H,33,37)/t25-,26-/m0/s1. The quantitative estimate of drug-likeness (QED) is 0.296. The Bertz CT molecular complexity index is 1450. The Morgan fingerprint density at radius 3 is 2.43 bits per heavy atom. The Morgan fingerprint density at radius 1 is 0.973 bits per heavy atom. The van der Waals surface area contributed by atoms with Gasteiger partial charge in [-0.05, 0) is 80.2 Å². The lowest BCUT2D eigenvalue weighted by Gasteiger charge is -2.29. The molecule has 1 fully saturated rings. The predicted octanol–water partition coefficient (Wildman–Crippen LogP) is 6.69. The molecule has 0 aliphatic carbocycles. The second-order valence-corrected chi connectivity index (χ2v) is 9.27. The Kier molecular flexibility index (Phi) is 6.41. The summed E-state index contributed by atoms with van der Waals surface area (Å²) in [6.07, 6.45) is -2.70. The first kappa shape index (κ1) is 24.8. The third-order valence-electron chi connectivity index (χ3n) is 6.66. The number of anilines is 1. The maximum Gasteiger partial charge on any atom is 0.416 e. The lowest BCUT2D eigenvalue weighted by molar-refractivity contribution is -0.137. The summed E-state index contributed by atoms with van der Waals surface area (Å²) in [5.74, 6) is 0.657. The third kappa shape index (κ3) is 4.44. The largest absolute Gasteiger partial charge is 0.495 e. The van der Waals surface area contributed by atoms with Crippen molar-refractivity contribution in [3.63, 3.8) is 0 Å². The summed E-state index contributed by atoms with van der Waals surface area (Å²) in [6.45, 7) is 3.81. The van der Waals surface area contributed by atoms with E-state index in [9.17, 15) is 13.2 Å². The number of aryl methyl sites for hydroxylation is 1. The average Bonchev–Trinajstić information content (AvgIpc) is 3.38. The van der Waals surface area contributed by atoms with Crippen LogP contribution in [0.3, 0.4) is 0 Å². The molecule has 1 saturated heterocycles. The molecule has 2 atom stereocenters. The average molecular weight is 523 g/mol. The minimum atomic E-state index is -4.43. The molecule has 37 heavy (non-hydrogen) atoms. The Labute approximate surface area is 218 Å². The number of para-hydroxylation sites is 2. The maximum absolute atomic E-state index is 13.5. The molecule has 0 saturated carbocycles. The van der Waals surface area contributed by atoms with E-state index in [2.05, 4.69) is 10.3 Å². The van der Waals surface area contributed by atoms with E-state index >= 15 is 0 Å². The van der Waals surface area contributed by atoms with Gasteiger partial charge in [0.2, 0.25) is 0 Å². The maximum atomic E-state index is 13.5. The number of nitrogens with one attached hydrogen (secondary N) is 1. The molecule has 0 radical (unpaired) electrons. The summed E-state index contributed by atoms with van der Waals surface area (Å²) in [5.41, 5.74) is 3.89. The van der Waals surface area contributed by atoms with Crippen molar-refractivity contribution >= 4 is 23.0 Å². The van der Waals surface area contributed by atoms with Crippen molar-refractivity contribution in [1.29, 1.82) is 0 Å². The molecule has 3 heterocycles. The van der Waals surface area contributed by atoms with Crippen LogP contribution in [0.5, 0.6) is 5.75 Å². The number of aromatic nitrogens is 2. The lowest BCUT2D eigenvalue weighted by atomic mass is 9.96. The normalized spacial score (nSPS) is 17.7. The van der Waals surface area contributed by atoms with Crippen LogP contribution in [0.2, 0.25) is 0 Å². The second kappa shape index (κ2) is 9.55. The summed E-state index contributed by atoms with van der Waals surface area (Å²) >= 11 is 5.82. The zero-order valence-corrected chi connectivity index (χ0v) is 21.3. The van der Waals surface area contributed by atoms with Crippen molar-refractivity contribution < 1.29 is 17.9 Å². The summed E-state index contributed by atoms with van der Waals surface area (Å²) in [4.78, 5) is 6.59.